The van der Waals surface area contributed by atoms with Gasteiger partial charge in [0.25, 0.3) is 5.56 Å². The Labute approximate surface area is 202 Å². The lowest BCUT2D eigenvalue weighted by Crippen LogP contribution is -2.34. The van der Waals surface area contributed by atoms with Crippen molar-refractivity contribution in [2.75, 3.05) is 13.1 Å². The van der Waals surface area contributed by atoms with E-state index >= 15 is 0 Å². The van der Waals surface area contributed by atoms with Crippen molar-refractivity contribution in [1.82, 2.24) is 9.47 Å². The minimum Gasteiger partial charge on any atom is -0.341 e. The average molecular weight is 501 g/mol. The normalized spacial score (nSPS) is 14.1. The first-order valence-corrected chi connectivity index (χ1v) is 12.0. The quantitative estimate of drug-likeness (QED) is 0.314. The number of halogens is 4. The van der Waals surface area contributed by atoms with Crippen LogP contribution in [0.1, 0.15) is 18.4 Å². The smallest absolute Gasteiger partial charge is 0.341 e. The first-order valence-electron chi connectivity index (χ1n) is 11.1. The molecule has 9 heteroatoms. The maximum absolute atomic E-state index is 13.9. The van der Waals surface area contributed by atoms with Crippen molar-refractivity contribution in [2.45, 2.75) is 25.6 Å². The summed E-state index contributed by atoms with van der Waals surface area (Å²) in [6.45, 7) is 1.11. The molecular weight excluding hydrogens is 480 g/mol. The fourth-order valence-electron chi connectivity index (χ4n) is 4.46. The molecule has 1 aliphatic heterocycles. The summed E-state index contributed by atoms with van der Waals surface area (Å²) in [5, 5.41) is 1.82. The van der Waals surface area contributed by atoms with E-state index < -0.39 is 23.1 Å². The number of pyridine rings is 1. The Hall–Kier alpha value is -3.46. The number of rotatable bonds is 4. The summed E-state index contributed by atoms with van der Waals surface area (Å²) in [6.07, 6.45) is -1.41. The first-order chi connectivity index (χ1) is 16.7. The van der Waals surface area contributed by atoms with Gasteiger partial charge < -0.3 is 9.47 Å². The van der Waals surface area contributed by atoms with E-state index in [0.717, 1.165) is 30.5 Å². The molecule has 0 saturated carbocycles. The Kier molecular flexibility index (Phi) is 5.96. The number of hydrogen-bond acceptors (Lipinski definition) is 3. The van der Waals surface area contributed by atoms with Gasteiger partial charge in [0.1, 0.15) is 12.4 Å². The number of aromatic nitrogens is 1. The lowest BCUT2D eigenvalue weighted by atomic mass is 10.00. The molecule has 1 amide bonds. The largest absolute Gasteiger partial charge is 0.419 e. The van der Waals surface area contributed by atoms with Crippen LogP contribution >= 0.6 is 11.3 Å². The number of carbonyl (C=O) groups is 1. The van der Waals surface area contributed by atoms with Gasteiger partial charge in [0.2, 0.25) is 5.91 Å². The number of alkyl halides is 3. The van der Waals surface area contributed by atoms with Gasteiger partial charge in [-0.05, 0) is 36.1 Å². The summed E-state index contributed by atoms with van der Waals surface area (Å²) in [5.41, 5.74) is 0.0111. The summed E-state index contributed by atoms with van der Waals surface area (Å²) < 4.78 is 55.9. The van der Waals surface area contributed by atoms with E-state index in [4.69, 9.17) is 0 Å². The highest BCUT2D eigenvalue weighted by atomic mass is 32.1. The number of hydrogen-bond donors (Lipinski definition) is 0. The molecule has 2 aromatic heterocycles. The van der Waals surface area contributed by atoms with Crippen LogP contribution in [0.3, 0.4) is 0 Å². The topological polar surface area (TPSA) is 42.3 Å². The van der Waals surface area contributed by atoms with Gasteiger partial charge in [-0.3, -0.25) is 9.59 Å². The standard InChI is InChI=1S/C26H20F4N2O2S/c27-21-9-8-17(12-20(21)26(28,29)30)19-15-35-24-18(16-6-2-1-3-7-16)13-32(25(34)23(19)24)14-22(33)31-10-4-5-11-31/h1-3,6-9,12-13,15H,4-5,10-11,14H2. The van der Waals surface area contributed by atoms with Gasteiger partial charge in [-0.1, -0.05) is 36.4 Å². The molecule has 180 valence electrons. The van der Waals surface area contributed by atoms with Crippen LogP contribution in [0.2, 0.25) is 0 Å². The second-order valence-electron chi connectivity index (χ2n) is 8.48. The highest BCUT2D eigenvalue weighted by Crippen LogP contribution is 2.40. The number of amides is 1. The molecule has 0 bridgehead atoms. The van der Waals surface area contributed by atoms with Gasteiger partial charge in [0.05, 0.1) is 10.9 Å². The lowest BCUT2D eigenvalue weighted by Gasteiger charge is -2.17. The van der Waals surface area contributed by atoms with Crippen molar-refractivity contribution in [3.05, 3.63) is 81.8 Å². The van der Waals surface area contributed by atoms with Crippen LogP contribution in [0.25, 0.3) is 32.3 Å². The maximum Gasteiger partial charge on any atom is 0.419 e. The van der Waals surface area contributed by atoms with E-state index in [9.17, 15) is 27.2 Å². The summed E-state index contributed by atoms with van der Waals surface area (Å²) in [5.74, 6) is -1.56. The molecule has 0 unspecified atom stereocenters. The Bertz CT molecular complexity index is 1470. The number of nitrogens with zero attached hydrogens (tertiary/aromatic N) is 2. The van der Waals surface area contributed by atoms with Crippen LogP contribution in [-0.2, 0) is 17.5 Å². The Morgan fingerprint density at radius 3 is 2.37 bits per heavy atom. The molecule has 0 atom stereocenters. The molecule has 0 N–H and O–H groups in total. The van der Waals surface area contributed by atoms with Gasteiger partial charge >= 0.3 is 6.18 Å². The Morgan fingerprint density at radius 2 is 1.69 bits per heavy atom. The third-order valence-corrected chi connectivity index (χ3v) is 7.24. The molecule has 1 saturated heterocycles. The third-order valence-electron chi connectivity index (χ3n) is 6.23. The summed E-state index contributed by atoms with van der Waals surface area (Å²) in [6, 6.07) is 12.0. The van der Waals surface area contributed by atoms with E-state index in [1.165, 1.54) is 22.0 Å². The molecule has 2 aromatic carbocycles. The van der Waals surface area contributed by atoms with E-state index in [-0.39, 0.29) is 29.0 Å². The van der Waals surface area contributed by atoms with Crippen LogP contribution in [0.4, 0.5) is 17.6 Å². The first kappa shape index (κ1) is 23.3. The molecule has 1 aliphatic rings. The summed E-state index contributed by atoms with van der Waals surface area (Å²) in [7, 11) is 0. The van der Waals surface area contributed by atoms with E-state index in [0.29, 0.717) is 23.4 Å². The Morgan fingerprint density at radius 1 is 0.971 bits per heavy atom. The number of fused-ring (bicyclic) bond motifs is 1. The zero-order valence-corrected chi connectivity index (χ0v) is 19.3. The van der Waals surface area contributed by atoms with Gasteiger partial charge in [-0.25, -0.2) is 4.39 Å². The van der Waals surface area contributed by atoms with Crippen LogP contribution in [0.15, 0.2) is 64.9 Å². The van der Waals surface area contributed by atoms with Crippen molar-refractivity contribution in [3.8, 4) is 22.3 Å². The van der Waals surface area contributed by atoms with Gasteiger partial charge in [-0.15, -0.1) is 11.3 Å². The highest BCUT2D eigenvalue weighted by molar-refractivity contribution is 7.18. The van der Waals surface area contributed by atoms with E-state index in [1.807, 2.05) is 30.3 Å². The van der Waals surface area contributed by atoms with E-state index in [1.54, 1.807) is 16.5 Å². The molecule has 1 fully saturated rings. The van der Waals surface area contributed by atoms with Crippen molar-refractivity contribution in [1.29, 1.82) is 0 Å². The molecule has 0 radical (unpaired) electrons. The molecule has 0 aliphatic carbocycles. The van der Waals surface area contributed by atoms with Gasteiger partial charge in [-0.2, -0.15) is 13.2 Å². The third kappa shape index (κ3) is 4.36. The van der Waals surface area contributed by atoms with Crippen LogP contribution in [-0.4, -0.2) is 28.5 Å². The van der Waals surface area contributed by atoms with Gasteiger partial charge in [0.15, 0.2) is 0 Å². The molecule has 5 rings (SSSR count). The van der Waals surface area contributed by atoms with Crippen molar-refractivity contribution in [3.63, 3.8) is 0 Å². The molecule has 4 aromatic rings. The van der Waals surface area contributed by atoms with Crippen molar-refractivity contribution >= 4 is 27.3 Å². The van der Waals surface area contributed by atoms with Crippen LogP contribution in [0.5, 0.6) is 0 Å². The maximum atomic E-state index is 13.9. The van der Waals surface area contributed by atoms with Crippen LogP contribution < -0.4 is 5.56 Å². The Balaban J connectivity index is 1.71. The monoisotopic (exact) mass is 500 g/mol. The van der Waals surface area contributed by atoms with E-state index in [2.05, 4.69) is 0 Å². The molecule has 0 spiro atoms. The van der Waals surface area contributed by atoms with Crippen molar-refractivity contribution < 1.29 is 22.4 Å². The molecular formula is C26H20F4N2O2S. The molecule has 35 heavy (non-hydrogen) atoms. The fourth-order valence-corrected chi connectivity index (χ4v) is 5.56. The fraction of sp³-hybridized carbons (Fsp3) is 0.231. The zero-order chi connectivity index (χ0) is 24.7. The number of benzene rings is 2. The average Bonchev–Trinajstić information content (AvgIpc) is 3.52. The zero-order valence-electron chi connectivity index (χ0n) is 18.4. The molecule has 4 nitrogen and oxygen atoms in total. The summed E-state index contributed by atoms with van der Waals surface area (Å²) in [4.78, 5) is 28.1. The minimum absolute atomic E-state index is 0.0877. The second-order valence-corrected chi connectivity index (χ2v) is 9.36. The number of likely N-dealkylation sites (tertiary alicyclic amines) is 1. The minimum atomic E-state index is -4.87. The molecule has 3 heterocycles. The highest BCUT2D eigenvalue weighted by Gasteiger charge is 2.34. The number of thiophene rings is 1. The van der Waals surface area contributed by atoms with Gasteiger partial charge in [0, 0.05) is 40.5 Å². The predicted octanol–water partition coefficient (Wildman–Crippen LogP) is 6.18. The van der Waals surface area contributed by atoms with Crippen molar-refractivity contribution in [2.24, 2.45) is 0 Å². The number of carbonyl (C=O) groups excluding carboxylic acids is 1. The summed E-state index contributed by atoms with van der Waals surface area (Å²) >= 11 is 1.23. The van der Waals surface area contributed by atoms with Crippen LogP contribution in [0, 0.1) is 5.82 Å². The SMILES string of the molecule is O=C(Cn1cc(-c2ccccc2)c2scc(-c3ccc(F)c(C(F)(F)F)c3)c2c1=O)N1CCCC1. The second kappa shape index (κ2) is 8.96. The predicted molar refractivity (Wildman–Crippen MR) is 128 cm³/mol. The lowest BCUT2D eigenvalue weighted by molar-refractivity contribution is -0.140.